The summed E-state index contributed by atoms with van der Waals surface area (Å²) in [6, 6.07) is 19.4. The van der Waals surface area contributed by atoms with E-state index in [0.29, 0.717) is 11.4 Å². The summed E-state index contributed by atoms with van der Waals surface area (Å²) in [5, 5.41) is 11.1. The maximum atomic E-state index is 12.3. The SMILES string of the molecule is Cc1ccc(C(=O)Nc2ccc(N(C)Cc3ccccc3)nn2)cc1C. The van der Waals surface area contributed by atoms with Crippen molar-refractivity contribution >= 4 is 17.5 Å². The second kappa shape index (κ2) is 7.78. The number of benzene rings is 2. The van der Waals surface area contributed by atoms with Crippen molar-refractivity contribution in [1.82, 2.24) is 10.2 Å². The fourth-order valence-electron chi connectivity index (χ4n) is 2.60. The highest BCUT2D eigenvalue weighted by molar-refractivity contribution is 6.03. The van der Waals surface area contributed by atoms with Gasteiger partial charge in [0, 0.05) is 19.2 Å². The number of aromatic nitrogens is 2. The Morgan fingerprint density at radius 1 is 0.962 bits per heavy atom. The van der Waals surface area contributed by atoms with Gasteiger partial charge in [-0.2, -0.15) is 0 Å². The van der Waals surface area contributed by atoms with Crippen molar-refractivity contribution < 1.29 is 4.79 Å². The quantitative estimate of drug-likeness (QED) is 0.759. The first-order chi connectivity index (χ1) is 12.5. The van der Waals surface area contributed by atoms with Crippen LogP contribution in [0.5, 0.6) is 0 Å². The number of nitrogens with one attached hydrogen (secondary N) is 1. The van der Waals surface area contributed by atoms with Gasteiger partial charge in [-0.15, -0.1) is 10.2 Å². The van der Waals surface area contributed by atoms with E-state index in [9.17, 15) is 4.79 Å². The van der Waals surface area contributed by atoms with E-state index in [-0.39, 0.29) is 5.91 Å². The number of carbonyl (C=O) groups excluding carboxylic acids is 1. The van der Waals surface area contributed by atoms with E-state index in [0.717, 1.165) is 23.5 Å². The van der Waals surface area contributed by atoms with Gasteiger partial charge in [-0.1, -0.05) is 36.4 Å². The van der Waals surface area contributed by atoms with Crippen LogP contribution in [0.3, 0.4) is 0 Å². The first kappa shape index (κ1) is 17.6. The van der Waals surface area contributed by atoms with E-state index in [4.69, 9.17) is 0 Å². The molecule has 0 atom stereocenters. The van der Waals surface area contributed by atoms with E-state index in [1.54, 1.807) is 6.07 Å². The molecule has 26 heavy (non-hydrogen) atoms. The molecule has 5 nitrogen and oxygen atoms in total. The Morgan fingerprint density at radius 3 is 2.38 bits per heavy atom. The summed E-state index contributed by atoms with van der Waals surface area (Å²) in [5.41, 5.74) is 4.05. The van der Waals surface area contributed by atoms with E-state index in [1.165, 1.54) is 5.56 Å². The van der Waals surface area contributed by atoms with Crippen molar-refractivity contribution in [2.45, 2.75) is 20.4 Å². The van der Waals surface area contributed by atoms with Gasteiger partial charge in [-0.05, 0) is 54.8 Å². The Balaban J connectivity index is 1.65. The lowest BCUT2D eigenvalue weighted by molar-refractivity contribution is 0.102. The molecule has 1 aromatic heterocycles. The third-order valence-electron chi connectivity index (χ3n) is 4.31. The molecule has 5 heteroatoms. The Labute approximate surface area is 153 Å². The topological polar surface area (TPSA) is 58.1 Å². The predicted octanol–water partition coefficient (Wildman–Crippen LogP) is 3.98. The minimum atomic E-state index is -0.187. The van der Waals surface area contributed by atoms with Crippen LogP contribution in [-0.2, 0) is 6.54 Å². The average Bonchev–Trinajstić information content (AvgIpc) is 2.65. The highest BCUT2D eigenvalue weighted by Gasteiger charge is 2.09. The largest absolute Gasteiger partial charge is 0.354 e. The molecule has 0 aliphatic rings. The Bertz CT molecular complexity index is 892. The molecular formula is C21H22N4O. The molecule has 0 unspecified atom stereocenters. The van der Waals surface area contributed by atoms with Crippen molar-refractivity contribution in [1.29, 1.82) is 0 Å². The van der Waals surface area contributed by atoms with Crippen LogP contribution in [0.1, 0.15) is 27.0 Å². The second-order valence-corrected chi connectivity index (χ2v) is 6.37. The standard InChI is InChI=1S/C21H22N4O/c1-15-9-10-18(13-16(15)2)21(26)22-19-11-12-20(24-23-19)25(3)14-17-7-5-4-6-8-17/h4-13H,14H2,1-3H3,(H,22,23,26). The summed E-state index contributed by atoms with van der Waals surface area (Å²) < 4.78 is 0. The number of anilines is 2. The maximum absolute atomic E-state index is 12.3. The van der Waals surface area contributed by atoms with Crippen molar-refractivity contribution in [2.75, 3.05) is 17.3 Å². The summed E-state index contributed by atoms with van der Waals surface area (Å²) in [7, 11) is 1.96. The molecule has 132 valence electrons. The number of amides is 1. The molecule has 0 aliphatic carbocycles. The lowest BCUT2D eigenvalue weighted by atomic mass is 10.1. The smallest absolute Gasteiger partial charge is 0.256 e. The van der Waals surface area contributed by atoms with Crippen LogP contribution in [0.2, 0.25) is 0 Å². The van der Waals surface area contributed by atoms with Gasteiger partial charge in [0.2, 0.25) is 0 Å². The molecule has 0 bridgehead atoms. The summed E-state index contributed by atoms with van der Waals surface area (Å²) in [6.07, 6.45) is 0. The number of rotatable bonds is 5. The molecule has 0 spiro atoms. The second-order valence-electron chi connectivity index (χ2n) is 6.37. The van der Waals surface area contributed by atoms with E-state index >= 15 is 0 Å². The molecule has 0 aliphatic heterocycles. The molecule has 3 aromatic rings. The number of nitrogens with zero attached hydrogens (tertiary/aromatic N) is 3. The molecular weight excluding hydrogens is 324 g/mol. The Hall–Kier alpha value is -3.21. The summed E-state index contributed by atoms with van der Waals surface area (Å²) in [6.45, 7) is 4.75. The average molecular weight is 346 g/mol. The van der Waals surface area contributed by atoms with Crippen LogP contribution in [0.15, 0.2) is 60.7 Å². The molecule has 1 amide bonds. The lowest BCUT2D eigenvalue weighted by Crippen LogP contribution is -2.19. The molecule has 2 aromatic carbocycles. The van der Waals surface area contributed by atoms with Crippen molar-refractivity contribution in [3.63, 3.8) is 0 Å². The highest BCUT2D eigenvalue weighted by Crippen LogP contribution is 2.15. The normalized spacial score (nSPS) is 10.4. The van der Waals surface area contributed by atoms with Crippen molar-refractivity contribution in [3.05, 3.63) is 82.9 Å². The number of aryl methyl sites for hydroxylation is 2. The summed E-state index contributed by atoms with van der Waals surface area (Å²) in [4.78, 5) is 14.4. The molecule has 0 saturated heterocycles. The first-order valence-electron chi connectivity index (χ1n) is 8.50. The minimum absolute atomic E-state index is 0.187. The predicted molar refractivity (Wildman–Crippen MR) is 104 cm³/mol. The van der Waals surface area contributed by atoms with Crippen LogP contribution in [-0.4, -0.2) is 23.2 Å². The summed E-state index contributed by atoms with van der Waals surface area (Å²) >= 11 is 0. The molecule has 1 heterocycles. The third-order valence-corrected chi connectivity index (χ3v) is 4.31. The van der Waals surface area contributed by atoms with Crippen LogP contribution in [0.25, 0.3) is 0 Å². The van der Waals surface area contributed by atoms with E-state index in [2.05, 4.69) is 27.6 Å². The van der Waals surface area contributed by atoms with Gasteiger partial charge in [-0.3, -0.25) is 4.79 Å². The third kappa shape index (κ3) is 4.25. The molecule has 3 rings (SSSR count). The zero-order chi connectivity index (χ0) is 18.5. The van der Waals surface area contributed by atoms with Gasteiger partial charge in [0.25, 0.3) is 5.91 Å². The number of hydrogen-bond acceptors (Lipinski definition) is 4. The highest BCUT2D eigenvalue weighted by atomic mass is 16.1. The monoisotopic (exact) mass is 346 g/mol. The van der Waals surface area contributed by atoms with Crippen molar-refractivity contribution in [2.24, 2.45) is 0 Å². The Morgan fingerprint density at radius 2 is 1.73 bits per heavy atom. The van der Waals surface area contributed by atoms with Gasteiger partial charge in [-0.25, -0.2) is 0 Å². The van der Waals surface area contributed by atoms with Gasteiger partial charge in [0.1, 0.15) is 0 Å². The fraction of sp³-hybridized carbons (Fsp3) is 0.190. The summed E-state index contributed by atoms with van der Waals surface area (Å²) in [5.74, 6) is 0.996. The van der Waals surface area contributed by atoms with Gasteiger partial charge >= 0.3 is 0 Å². The van der Waals surface area contributed by atoms with Gasteiger partial charge < -0.3 is 10.2 Å². The van der Waals surface area contributed by atoms with E-state index < -0.39 is 0 Å². The maximum Gasteiger partial charge on any atom is 0.256 e. The molecule has 0 saturated carbocycles. The number of carbonyl (C=O) groups is 1. The van der Waals surface area contributed by atoms with Crippen molar-refractivity contribution in [3.8, 4) is 0 Å². The van der Waals surface area contributed by atoms with Crippen LogP contribution in [0, 0.1) is 13.8 Å². The van der Waals surface area contributed by atoms with Gasteiger partial charge in [0.15, 0.2) is 11.6 Å². The van der Waals surface area contributed by atoms with Gasteiger partial charge in [0.05, 0.1) is 0 Å². The minimum Gasteiger partial charge on any atom is -0.354 e. The fourth-order valence-corrected chi connectivity index (χ4v) is 2.60. The number of hydrogen-bond donors (Lipinski definition) is 1. The lowest BCUT2D eigenvalue weighted by Gasteiger charge is -2.17. The van der Waals surface area contributed by atoms with Crippen LogP contribution >= 0.6 is 0 Å². The Kier molecular flexibility index (Phi) is 5.27. The van der Waals surface area contributed by atoms with Crippen LogP contribution in [0.4, 0.5) is 11.6 Å². The zero-order valence-electron chi connectivity index (χ0n) is 15.2. The molecule has 0 radical (unpaired) electrons. The van der Waals surface area contributed by atoms with E-state index in [1.807, 2.05) is 68.3 Å². The first-order valence-corrected chi connectivity index (χ1v) is 8.50. The van der Waals surface area contributed by atoms with Crippen LogP contribution < -0.4 is 10.2 Å². The molecule has 1 N–H and O–H groups in total. The zero-order valence-corrected chi connectivity index (χ0v) is 15.2. The molecule has 0 fully saturated rings.